The third-order valence-corrected chi connectivity index (χ3v) is 4.39. The number of hydrogen-bond donors (Lipinski definition) is 2. The Bertz CT molecular complexity index is 1020. The second-order valence-corrected chi connectivity index (χ2v) is 6.97. The van der Waals surface area contributed by atoms with Gasteiger partial charge in [-0.25, -0.2) is 0 Å². The molecule has 32 heavy (non-hydrogen) atoms. The fourth-order valence-corrected chi connectivity index (χ4v) is 2.88. The van der Waals surface area contributed by atoms with Gasteiger partial charge in [-0.15, -0.1) is 0 Å². The molecule has 7 heteroatoms. The number of hydrogen-bond acceptors (Lipinski definition) is 5. The zero-order chi connectivity index (χ0) is 22.6. The SMILES string of the molecule is C=CCOc1ccc(NC(=S)NC(=O)c2ccc(OCCOc3ccccc3)cc2)cc1. The molecule has 0 saturated heterocycles. The average molecular weight is 449 g/mol. The number of ether oxygens (including phenoxy) is 3. The average Bonchev–Trinajstić information content (AvgIpc) is 2.82. The zero-order valence-corrected chi connectivity index (χ0v) is 18.3. The van der Waals surface area contributed by atoms with E-state index in [1.807, 2.05) is 42.5 Å². The summed E-state index contributed by atoms with van der Waals surface area (Å²) in [6.45, 7) is 4.87. The molecule has 0 aromatic heterocycles. The van der Waals surface area contributed by atoms with Crippen molar-refractivity contribution in [1.29, 1.82) is 0 Å². The normalized spacial score (nSPS) is 10.0. The number of benzene rings is 3. The Morgan fingerprint density at radius 3 is 2.00 bits per heavy atom. The monoisotopic (exact) mass is 448 g/mol. The summed E-state index contributed by atoms with van der Waals surface area (Å²) >= 11 is 5.23. The molecule has 0 saturated carbocycles. The van der Waals surface area contributed by atoms with Crippen LogP contribution in [0, 0.1) is 0 Å². The Kier molecular flexibility index (Phi) is 8.65. The lowest BCUT2D eigenvalue weighted by Gasteiger charge is -2.11. The van der Waals surface area contributed by atoms with Crippen molar-refractivity contribution in [3.05, 3.63) is 97.1 Å². The van der Waals surface area contributed by atoms with Gasteiger partial charge in [0.05, 0.1) is 0 Å². The molecule has 0 fully saturated rings. The number of carbonyl (C=O) groups excluding carboxylic acids is 1. The molecule has 3 aromatic rings. The zero-order valence-electron chi connectivity index (χ0n) is 17.5. The first-order valence-corrected chi connectivity index (χ1v) is 10.4. The van der Waals surface area contributed by atoms with E-state index in [1.165, 1.54) is 0 Å². The van der Waals surface area contributed by atoms with Gasteiger partial charge < -0.3 is 19.5 Å². The maximum absolute atomic E-state index is 12.4. The predicted molar refractivity (Wildman–Crippen MR) is 130 cm³/mol. The largest absolute Gasteiger partial charge is 0.490 e. The van der Waals surface area contributed by atoms with E-state index in [1.54, 1.807) is 42.5 Å². The van der Waals surface area contributed by atoms with Gasteiger partial charge in [-0.1, -0.05) is 30.9 Å². The molecule has 0 spiro atoms. The van der Waals surface area contributed by atoms with Crippen LogP contribution in [-0.2, 0) is 0 Å². The van der Waals surface area contributed by atoms with Crippen LogP contribution in [0.25, 0.3) is 0 Å². The van der Waals surface area contributed by atoms with Crippen molar-refractivity contribution in [2.75, 3.05) is 25.1 Å². The number of thiocarbonyl (C=S) groups is 1. The molecule has 2 N–H and O–H groups in total. The van der Waals surface area contributed by atoms with E-state index in [4.69, 9.17) is 26.4 Å². The second-order valence-electron chi connectivity index (χ2n) is 6.57. The standard InChI is InChI=1S/C25H24N2O4S/c1-2-16-29-23-14-10-20(11-15-23)26-25(32)27-24(28)19-8-12-22(13-9-19)31-18-17-30-21-6-4-3-5-7-21/h2-15H,1,16-18H2,(H2,26,27,28,32). The Hall–Kier alpha value is -3.84. The Balaban J connectivity index is 1.41. The fraction of sp³-hybridized carbons (Fsp3) is 0.120. The first kappa shape index (κ1) is 22.8. The van der Waals surface area contributed by atoms with Crippen LogP contribution in [0.2, 0.25) is 0 Å². The number of amides is 1. The molecule has 0 aliphatic heterocycles. The molecular formula is C25H24N2O4S. The van der Waals surface area contributed by atoms with Crippen LogP contribution < -0.4 is 24.8 Å². The van der Waals surface area contributed by atoms with Crippen molar-refractivity contribution in [2.24, 2.45) is 0 Å². The highest BCUT2D eigenvalue weighted by Gasteiger charge is 2.08. The second kappa shape index (κ2) is 12.1. The molecule has 0 radical (unpaired) electrons. The molecule has 0 aliphatic rings. The molecule has 6 nitrogen and oxygen atoms in total. The highest BCUT2D eigenvalue weighted by Crippen LogP contribution is 2.16. The maximum Gasteiger partial charge on any atom is 0.257 e. The fourth-order valence-electron chi connectivity index (χ4n) is 2.67. The van der Waals surface area contributed by atoms with Gasteiger partial charge in [0.2, 0.25) is 0 Å². The summed E-state index contributed by atoms with van der Waals surface area (Å²) in [6.07, 6.45) is 1.68. The highest BCUT2D eigenvalue weighted by molar-refractivity contribution is 7.80. The number of nitrogens with one attached hydrogen (secondary N) is 2. The van der Waals surface area contributed by atoms with Crippen molar-refractivity contribution in [1.82, 2.24) is 5.32 Å². The number of para-hydroxylation sites is 1. The predicted octanol–water partition coefficient (Wildman–Crippen LogP) is 4.84. The van der Waals surface area contributed by atoms with Crippen LogP contribution in [0.15, 0.2) is 91.5 Å². The number of rotatable bonds is 10. The molecule has 0 heterocycles. The lowest BCUT2D eigenvalue weighted by Crippen LogP contribution is -2.34. The van der Waals surface area contributed by atoms with E-state index in [2.05, 4.69) is 17.2 Å². The van der Waals surface area contributed by atoms with Gasteiger partial charge >= 0.3 is 0 Å². The molecule has 164 valence electrons. The highest BCUT2D eigenvalue weighted by atomic mass is 32.1. The van der Waals surface area contributed by atoms with Gasteiger partial charge in [0.25, 0.3) is 5.91 Å². The minimum absolute atomic E-state index is 0.202. The third-order valence-electron chi connectivity index (χ3n) is 4.19. The number of anilines is 1. The van der Waals surface area contributed by atoms with E-state index < -0.39 is 0 Å². The molecule has 0 unspecified atom stereocenters. The van der Waals surface area contributed by atoms with Crippen LogP contribution in [0.3, 0.4) is 0 Å². The van der Waals surface area contributed by atoms with E-state index in [9.17, 15) is 4.79 Å². The molecule has 1 amide bonds. The summed E-state index contributed by atoms with van der Waals surface area (Å²) in [4.78, 5) is 12.4. The summed E-state index contributed by atoms with van der Waals surface area (Å²) in [5, 5.41) is 5.83. The molecule has 0 atom stereocenters. The van der Waals surface area contributed by atoms with Crippen LogP contribution in [0.1, 0.15) is 10.4 Å². The van der Waals surface area contributed by atoms with Crippen molar-refractivity contribution in [2.45, 2.75) is 0 Å². The Labute approximate surface area is 192 Å². The van der Waals surface area contributed by atoms with Crippen molar-refractivity contribution in [3.63, 3.8) is 0 Å². The first-order chi connectivity index (χ1) is 15.6. The van der Waals surface area contributed by atoms with Gasteiger partial charge in [-0.05, 0) is 72.9 Å². The summed E-state index contributed by atoms with van der Waals surface area (Å²) in [5.41, 5.74) is 1.21. The van der Waals surface area contributed by atoms with E-state index in [-0.39, 0.29) is 11.0 Å². The van der Waals surface area contributed by atoms with Gasteiger partial charge in [0.15, 0.2) is 5.11 Å². The van der Waals surface area contributed by atoms with Crippen LogP contribution >= 0.6 is 12.2 Å². The summed E-state index contributed by atoms with van der Waals surface area (Å²) in [7, 11) is 0. The van der Waals surface area contributed by atoms with E-state index >= 15 is 0 Å². The van der Waals surface area contributed by atoms with Gasteiger partial charge in [-0.3, -0.25) is 10.1 Å². The lowest BCUT2D eigenvalue weighted by atomic mass is 10.2. The quantitative estimate of drug-likeness (QED) is 0.263. The van der Waals surface area contributed by atoms with Gasteiger partial charge in [0, 0.05) is 11.3 Å². The minimum atomic E-state index is -0.313. The smallest absolute Gasteiger partial charge is 0.257 e. The van der Waals surface area contributed by atoms with Gasteiger partial charge in [-0.2, -0.15) is 0 Å². The topological polar surface area (TPSA) is 68.8 Å². The van der Waals surface area contributed by atoms with E-state index in [0.29, 0.717) is 31.1 Å². The molecule has 3 aromatic carbocycles. The van der Waals surface area contributed by atoms with Crippen molar-refractivity contribution >= 4 is 28.9 Å². The van der Waals surface area contributed by atoms with Crippen LogP contribution in [0.5, 0.6) is 17.2 Å². The maximum atomic E-state index is 12.4. The summed E-state index contributed by atoms with van der Waals surface area (Å²) in [5.74, 6) is 1.86. The summed E-state index contributed by atoms with van der Waals surface area (Å²) in [6, 6.07) is 23.6. The van der Waals surface area contributed by atoms with Crippen molar-refractivity contribution in [3.8, 4) is 17.2 Å². The lowest BCUT2D eigenvalue weighted by molar-refractivity contribution is 0.0977. The Morgan fingerprint density at radius 2 is 1.38 bits per heavy atom. The Morgan fingerprint density at radius 1 is 0.812 bits per heavy atom. The minimum Gasteiger partial charge on any atom is -0.490 e. The van der Waals surface area contributed by atoms with Crippen LogP contribution in [0.4, 0.5) is 5.69 Å². The molecule has 3 rings (SSSR count). The molecule has 0 aliphatic carbocycles. The van der Waals surface area contributed by atoms with Gasteiger partial charge in [0.1, 0.15) is 37.1 Å². The van der Waals surface area contributed by atoms with E-state index in [0.717, 1.165) is 17.2 Å². The molecule has 0 bridgehead atoms. The first-order valence-electron chi connectivity index (χ1n) is 10.0. The number of carbonyl (C=O) groups is 1. The third kappa shape index (κ3) is 7.45. The summed E-state index contributed by atoms with van der Waals surface area (Å²) < 4.78 is 16.7. The van der Waals surface area contributed by atoms with Crippen LogP contribution in [-0.4, -0.2) is 30.8 Å². The molecular weight excluding hydrogens is 424 g/mol. The van der Waals surface area contributed by atoms with Crippen molar-refractivity contribution < 1.29 is 19.0 Å².